The highest BCUT2D eigenvalue weighted by molar-refractivity contribution is 5.31. The van der Waals surface area contributed by atoms with Crippen LogP contribution in [-0.4, -0.2) is 37.0 Å². The second kappa shape index (κ2) is 5.36. The summed E-state index contributed by atoms with van der Waals surface area (Å²) < 4.78 is 9.91. The van der Waals surface area contributed by atoms with Crippen molar-refractivity contribution in [3.05, 3.63) is 22.7 Å². The van der Waals surface area contributed by atoms with Crippen LogP contribution in [0.3, 0.4) is 0 Å². The molecule has 6 heteroatoms. The van der Waals surface area contributed by atoms with Gasteiger partial charge in [-0.3, -0.25) is 4.79 Å². The molecule has 1 aromatic rings. The minimum absolute atomic E-state index is 0.200. The van der Waals surface area contributed by atoms with E-state index in [0.29, 0.717) is 12.4 Å². The van der Waals surface area contributed by atoms with Crippen LogP contribution >= 0.6 is 0 Å². The van der Waals surface area contributed by atoms with E-state index < -0.39 is 0 Å². The number of hydrogen-bond donors (Lipinski definition) is 2. The van der Waals surface area contributed by atoms with Crippen molar-refractivity contribution < 1.29 is 9.47 Å². The molecule has 0 aliphatic carbocycles. The first-order chi connectivity index (χ1) is 6.76. The zero-order valence-electron chi connectivity index (χ0n) is 8.11. The van der Waals surface area contributed by atoms with Crippen LogP contribution in [-0.2, 0) is 9.47 Å². The van der Waals surface area contributed by atoms with Gasteiger partial charge in [-0.2, -0.15) is 0 Å². The van der Waals surface area contributed by atoms with Gasteiger partial charge in [0.2, 0.25) is 0 Å². The second-order valence-electron chi connectivity index (χ2n) is 2.58. The molecule has 0 saturated heterocycles. The van der Waals surface area contributed by atoms with Crippen molar-refractivity contribution in [2.75, 3.05) is 26.1 Å². The Morgan fingerprint density at radius 1 is 1.57 bits per heavy atom. The smallest absolute Gasteiger partial charge is 0.252 e. The SMILES string of the molecule is COC(CNc1cc(=O)[nH]cn1)OC. The highest BCUT2D eigenvalue weighted by Crippen LogP contribution is 1.97. The maximum absolute atomic E-state index is 10.9. The fourth-order valence-electron chi connectivity index (χ4n) is 0.916. The largest absolute Gasteiger partial charge is 0.365 e. The van der Waals surface area contributed by atoms with Crippen LogP contribution in [0.1, 0.15) is 0 Å². The van der Waals surface area contributed by atoms with Gasteiger partial charge in [-0.15, -0.1) is 0 Å². The topological polar surface area (TPSA) is 76.2 Å². The van der Waals surface area contributed by atoms with Crippen LogP contribution in [0.15, 0.2) is 17.2 Å². The highest BCUT2D eigenvalue weighted by Gasteiger charge is 2.04. The molecule has 1 aromatic heterocycles. The number of nitrogens with one attached hydrogen (secondary N) is 2. The van der Waals surface area contributed by atoms with Gasteiger partial charge >= 0.3 is 0 Å². The normalized spacial score (nSPS) is 10.5. The summed E-state index contributed by atoms with van der Waals surface area (Å²) in [4.78, 5) is 17.2. The summed E-state index contributed by atoms with van der Waals surface area (Å²) in [7, 11) is 3.09. The average molecular weight is 199 g/mol. The predicted octanol–water partition coefficient (Wildman–Crippen LogP) is -0.199. The summed E-state index contributed by atoms with van der Waals surface area (Å²) in [6.45, 7) is 0.434. The van der Waals surface area contributed by atoms with E-state index in [2.05, 4.69) is 15.3 Å². The molecule has 0 fully saturated rings. The number of anilines is 1. The van der Waals surface area contributed by atoms with E-state index in [1.807, 2.05) is 0 Å². The molecule has 0 radical (unpaired) electrons. The van der Waals surface area contributed by atoms with E-state index in [9.17, 15) is 4.79 Å². The molecule has 0 aliphatic rings. The standard InChI is InChI=1S/C8H13N3O3/c1-13-8(14-2)4-9-6-3-7(12)11-5-10-6/h3,5,8H,4H2,1-2H3,(H2,9,10,11,12). The zero-order valence-corrected chi connectivity index (χ0v) is 8.11. The van der Waals surface area contributed by atoms with Crippen LogP contribution in [0.4, 0.5) is 5.82 Å². The Bertz CT molecular complexity index is 322. The predicted molar refractivity (Wildman–Crippen MR) is 51.2 cm³/mol. The fraction of sp³-hybridized carbons (Fsp3) is 0.500. The number of ether oxygens (including phenoxy) is 2. The zero-order chi connectivity index (χ0) is 10.4. The summed E-state index contributed by atoms with van der Waals surface area (Å²) in [5.74, 6) is 0.493. The number of H-pyrrole nitrogens is 1. The lowest BCUT2D eigenvalue weighted by Crippen LogP contribution is -2.24. The van der Waals surface area contributed by atoms with E-state index >= 15 is 0 Å². The first kappa shape index (κ1) is 10.7. The lowest BCUT2D eigenvalue weighted by molar-refractivity contribution is -0.0914. The highest BCUT2D eigenvalue weighted by atomic mass is 16.7. The first-order valence-corrected chi connectivity index (χ1v) is 4.10. The summed E-state index contributed by atoms with van der Waals surface area (Å²) in [6, 6.07) is 1.36. The minimum atomic E-state index is -0.351. The molecule has 0 atom stereocenters. The van der Waals surface area contributed by atoms with Gasteiger partial charge in [-0.25, -0.2) is 4.98 Å². The molecule has 14 heavy (non-hydrogen) atoms. The van der Waals surface area contributed by atoms with Gasteiger partial charge in [-0.05, 0) is 0 Å². The Kier molecular flexibility index (Phi) is 4.09. The first-order valence-electron chi connectivity index (χ1n) is 4.10. The molecule has 2 N–H and O–H groups in total. The van der Waals surface area contributed by atoms with Gasteiger partial charge in [0.15, 0.2) is 6.29 Å². The molecule has 6 nitrogen and oxygen atoms in total. The van der Waals surface area contributed by atoms with Crippen LogP contribution in [0.2, 0.25) is 0 Å². The Hall–Kier alpha value is -1.40. The van der Waals surface area contributed by atoms with Crippen molar-refractivity contribution in [3.63, 3.8) is 0 Å². The third-order valence-corrected chi connectivity index (χ3v) is 1.65. The molecule has 78 valence electrons. The summed E-state index contributed by atoms with van der Waals surface area (Å²) >= 11 is 0. The molecule has 1 rings (SSSR count). The molecule has 0 aromatic carbocycles. The second-order valence-corrected chi connectivity index (χ2v) is 2.58. The Morgan fingerprint density at radius 3 is 2.86 bits per heavy atom. The minimum Gasteiger partial charge on any atom is -0.365 e. The number of aromatic amines is 1. The molecule has 0 aliphatic heterocycles. The molecule has 0 unspecified atom stereocenters. The quantitative estimate of drug-likeness (QED) is 0.642. The van der Waals surface area contributed by atoms with Gasteiger partial charge in [0, 0.05) is 20.3 Å². The maximum Gasteiger partial charge on any atom is 0.252 e. The third-order valence-electron chi connectivity index (χ3n) is 1.65. The molecule has 0 saturated carbocycles. The van der Waals surface area contributed by atoms with Crippen LogP contribution in [0.5, 0.6) is 0 Å². The summed E-state index contributed by atoms with van der Waals surface area (Å²) in [5, 5.41) is 2.91. The van der Waals surface area contributed by atoms with Gasteiger partial charge < -0.3 is 19.8 Å². The molecule has 0 bridgehead atoms. The molecular formula is C8H13N3O3. The molecule has 0 spiro atoms. The van der Waals surface area contributed by atoms with Crippen molar-refractivity contribution >= 4 is 5.82 Å². The van der Waals surface area contributed by atoms with Crippen LogP contribution in [0.25, 0.3) is 0 Å². The van der Waals surface area contributed by atoms with Crippen LogP contribution in [0, 0.1) is 0 Å². The van der Waals surface area contributed by atoms with Crippen molar-refractivity contribution in [2.45, 2.75) is 6.29 Å². The number of hydrogen-bond acceptors (Lipinski definition) is 5. The summed E-state index contributed by atoms with van der Waals surface area (Å²) in [5.41, 5.74) is -0.200. The van der Waals surface area contributed by atoms with Crippen molar-refractivity contribution in [1.82, 2.24) is 9.97 Å². The van der Waals surface area contributed by atoms with Crippen LogP contribution < -0.4 is 10.9 Å². The monoisotopic (exact) mass is 199 g/mol. The molecule has 0 amide bonds. The van der Waals surface area contributed by atoms with Crippen molar-refractivity contribution in [1.29, 1.82) is 0 Å². The van der Waals surface area contributed by atoms with Crippen molar-refractivity contribution in [3.8, 4) is 0 Å². The van der Waals surface area contributed by atoms with Gasteiger partial charge in [0.1, 0.15) is 5.82 Å². The number of methoxy groups -OCH3 is 2. The van der Waals surface area contributed by atoms with E-state index in [1.165, 1.54) is 12.4 Å². The van der Waals surface area contributed by atoms with Gasteiger partial charge in [-0.1, -0.05) is 0 Å². The maximum atomic E-state index is 10.9. The number of rotatable bonds is 5. The fourth-order valence-corrected chi connectivity index (χ4v) is 0.916. The Morgan fingerprint density at radius 2 is 2.29 bits per heavy atom. The summed E-state index contributed by atoms with van der Waals surface area (Å²) in [6.07, 6.45) is 0.982. The number of aromatic nitrogens is 2. The number of nitrogens with zero attached hydrogens (tertiary/aromatic N) is 1. The lowest BCUT2D eigenvalue weighted by atomic mass is 10.5. The Labute approximate surface area is 81.3 Å². The Balaban J connectivity index is 2.49. The van der Waals surface area contributed by atoms with E-state index in [0.717, 1.165) is 0 Å². The van der Waals surface area contributed by atoms with Gasteiger partial charge in [0.05, 0.1) is 12.9 Å². The van der Waals surface area contributed by atoms with E-state index in [4.69, 9.17) is 9.47 Å². The third kappa shape index (κ3) is 3.15. The molecular weight excluding hydrogens is 186 g/mol. The molecule has 1 heterocycles. The van der Waals surface area contributed by atoms with E-state index in [1.54, 1.807) is 14.2 Å². The average Bonchev–Trinajstić information content (AvgIpc) is 2.19. The van der Waals surface area contributed by atoms with Crippen molar-refractivity contribution in [2.24, 2.45) is 0 Å². The lowest BCUT2D eigenvalue weighted by Gasteiger charge is -2.13. The van der Waals surface area contributed by atoms with Gasteiger partial charge in [0.25, 0.3) is 5.56 Å². The van der Waals surface area contributed by atoms with E-state index in [-0.39, 0.29) is 11.8 Å².